The van der Waals surface area contributed by atoms with Crippen LogP contribution in [0, 0.1) is 0 Å². The summed E-state index contributed by atoms with van der Waals surface area (Å²) >= 11 is 3.33. The molecule has 0 radical (unpaired) electrons. The quantitative estimate of drug-likeness (QED) is 0.822. The molecule has 18 heavy (non-hydrogen) atoms. The van der Waals surface area contributed by atoms with Crippen molar-refractivity contribution in [1.29, 1.82) is 0 Å². The lowest BCUT2D eigenvalue weighted by atomic mass is 9.95. The molecule has 2 heterocycles. The summed E-state index contributed by atoms with van der Waals surface area (Å²) in [5.74, 6) is -0.0585. The van der Waals surface area contributed by atoms with Gasteiger partial charge in [-0.1, -0.05) is 0 Å². The van der Waals surface area contributed by atoms with Crippen LogP contribution in [0.15, 0.2) is 22.7 Å². The minimum atomic E-state index is -0.0585. The first kappa shape index (κ1) is 12.0. The van der Waals surface area contributed by atoms with Crippen LogP contribution in [0.25, 0.3) is 0 Å². The van der Waals surface area contributed by atoms with Crippen molar-refractivity contribution in [3.05, 3.63) is 28.2 Å². The number of amides is 1. The Hall–Kier alpha value is -1.07. The molecule has 3 rings (SSSR count). The Labute approximate surface area is 114 Å². The van der Waals surface area contributed by atoms with Crippen molar-refractivity contribution in [2.45, 2.75) is 37.5 Å². The van der Waals surface area contributed by atoms with E-state index in [0.29, 0.717) is 17.4 Å². The number of rotatable bonds is 2. The maximum atomic E-state index is 12.1. The molecule has 2 saturated heterocycles. The van der Waals surface area contributed by atoms with Crippen molar-refractivity contribution in [2.75, 3.05) is 5.73 Å². The van der Waals surface area contributed by atoms with Gasteiger partial charge in [0.25, 0.3) is 5.91 Å². The molecule has 4 nitrogen and oxygen atoms in total. The molecule has 3 N–H and O–H groups in total. The van der Waals surface area contributed by atoms with Gasteiger partial charge in [0.05, 0.1) is 18.2 Å². The fraction of sp³-hybridized carbons (Fsp3) is 0.462. The van der Waals surface area contributed by atoms with Crippen LogP contribution in [0.2, 0.25) is 0 Å². The number of anilines is 1. The van der Waals surface area contributed by atoms with Crippen LogP contribution in [0.1, 0.15) is 29.6 Å². The predicted octanol–water partition coefficient (Wildman–Crippen LogP) is 2.08. The fourth-order valence-electron chi connectivity index (χ4n) is 2.71. The highest BCUT2D eigenvalue weighted by Crippen LogP contribution is 2.34. The summed E-state index contributed by atoms with van der Waals surface area (Å²) < 4.78 is 6.47. The van der Waals surface area contributed by atoms with Gasteiger partial charge in [-0.15, -0.1) is 0 Å². The molecule has 0 spiro atoms. The number of carbonyl (C=O) groups excluding carboxylic acids is 1. The van der Waals surface area contributed by atoms with E-state index in [1.807, 2.05) is 0 Å². The number of benzene rings is 1. The van der Waals surface area contributed by atoms with Crippen molar-refractivity contribution < 1.29 is 9.53 Å². The first-order valence-electron chi connectivity index (χ1n) is 6.15. The third kappa shape index (κ3) is 2.12. The van der Waals surface area contributed by atoms with Crippen LogP contribution in [0.5, 0.6) is 0 Å². The molecule has 1 aromatic rings. The summed E-state index contributed by atoms with van der Waals surface area (Å²) in [6.45, 7) is 0. The Bertz CT molecular complexity index is 492. The number of carbonyl (C=O) groups is 1. The van der Waals surface area contributed by atoms with Crippen molar-refractivity contribution in [3.8, 4) is 0 Å². The zero-order valence-electron chi connectivity index (χ0n) is 9.86. The van der Waals surface area contributed by atoms with Gasteiger partial charge in [0.15, 0.2) is 0 Å². The van der Waals surface area contributed by atoms with Gasteiger partial charge in [-0.2, -0.15) is 0 Å². The molecule has 0 aliphatic carbocycles. The number of nitrogen functional groups attached to an aromatic ring is 1. The molecule has 3 unspecified atom stereocenters. The van der Waals surface area contributed by atoms with E-state index in [4.69, 9.17) is 10.5 Å². The molecule has 2 fully saturated rings. The van der Waals surface area contributed by atoms with Gasteiger partial charge in [0.1, 0.15) is 0 Å². The Morgan fingerprint density at radius 2 is 2.28 bits per heavy atom. The molecular formula is C13H15BrN2O2. The van der Waals surface area contributed by atoms with Crippen LogP contribution in [-0.2, 0) is 4.74 Å². The van der Waals surface area contributed by atoms with Crippen LogP contribution in [0.4, 0.5) is 5.69 Å². The highest BCUT2D eigenvalue weighted by Gasteiger charge is 2.41. The highest BCUT2D eigenvalue weighted by atomic mass is 79.9. The van der Waals surface area contributed by atoms with Crippen LogP contribution < -0.4 is 11.1 Å². The number of fused-ring (bicyclic) bond motifs is 2. The molecule has 5 heteroatoms. The molecule has 1 aromatic carbocycles. The topological polar surface area (TPSA) is 64.4 Å². The zero-order valence-corrected chi connectivity index (χ0v) is 11.4. The summed E-state index contributed by atoms with van der Waals surface area (Å²) in [7, 11) is 0. The fourth-order valence-corrected chi connectivity index (χ4v) is 3.09. The number of hydrogen-bond donors (Lipinski definition) is 2. The van der Waals surface area contributed by atoms with Gasteiger partial charge in [0.2, 0.25) is 0 Å². The molecule has 2 aliphatic heterocycles. The maximum Gasteiger partial charge on any atom is 0.251 e. The summed E-state index contributed by atoms with van der Waals surface area (Å²) in [6.07, 6.45) is 3.67. The summed E-state index contributed by atoms with van der Waals surface area (Å²) in [5, 5.41) is 3.05. The Morgan fingerprint density at radius 3 is 2.89 bits per heavy atom. The third-order valence-corrected chi connectivity index (χ3v) is 4.37. The molecular weight excluding hydrogens is 296 g/mol. The normalized spacial score (nSPS) is 29.5. The molecule has 1 amide bonds. The summed E-state index contributed by atoms with van der Waals surface area (Å²) in [5.41, 5.74) is 6.96. The molecule has 2 aliphatic rings. The van der Waals surface area contributed by atoms with E-state index in [0.717, 1.165) is 23.7 Å². The van der Waals surface area contributed by atoms with E-state index >= 15 is 0 Å². The predicted molar refractivity (Wildman–Crippen MR) is 72.3 cm³/mol. The molecule has 0 aromatic heterocycles. The van der Waals surface area contributed by atoms with Crippen molar-refractivity contribution >= 4 is 27.5 Å². The van der Waals surface area contributed by atoms with Gasteiger partial charge >= 0.3 is 0 Å². The summed E-state index contributed by atoms with van der Waals surface area (Å²) in [4.78, 5) is 12.1. The second-order valence-corrected chi connectivity index (χ2v) is 5.78. The van der Waals surface area contributed by atoms with E-state index in [9.17, 15) is 4.79 Å². The molecule has 0 saturated carbocycles. The van der Waals surface area contributed by atoms with Crippen molar-refractivity contribution in [1.82, 2.24) is 5.32 Å². The SMILES string of the molecule is Nc1ccc(C(=O)NC2CC3CCC2O3)cc1Br. The lowest BCUT2D eigenvalue weighted by molar-refractivity contribution is 0.0841. The van der Waals surface area contributed by atoms with Crippen LogP contribution in [-0.4, -0.2) is 24.2 Å². The Morgan fingerprint density at radius 1 is 1.44 bits per heavy atom. The minimum absolute atomic E-state index is 0.0585. The van der Waals surface area contributed by atoms with Gasteiger partial charge < -0.3 is 15.8 Å². The van der Waals surface area contributed by atoms with Gasteiger partial charge in [-0.25, -0.2) is 0 Å². The van der Waals surface area contributed by atoms with E-state index in [2.05, 4.69) is 21.2 Å². The Balaban J connectivity index is 1.69. The second-order valence-electron chi connectivity index (χ2n) is 4.93. The number of halogens is 1. The number of hydrogen-bond acceptors (Lipinski definition) is 3. The molecule has 96 valence electrons. The van der Waals surface area contributed by atoms with E-state index in [1.165, 1.54) is 0 Å². The van der Waals surface area contributed by atoms with Gasteiger partial charge in [0, 0.05) is 15.7 Å². The average molecular weight is 311 g/mol. The first-order valence-corrected chi connectivity index (χ1v) is 6.94. The summed E-state index contributed by atoms with van der Waals surface area (Å²) in [6, 6.07) is 5.38. The van der Waals surface area contributed by atoms with Gasteiger partial charge in [-0.3, -0.25) is 4.79 Å². The van der Waals surface area contributed by atoms with Crippen LogP contribution >= 0.6 is 15.9 Å². The Kier molecular flexibility index (Phi) is 3.03. The first-order chi connectivity index (χ1) is 8.63. The highest BCUT2D eigenvalue weighted by molar-refractivity contribution is 9.10. The second kappa shape index (κ2) is 4.55. The van der Waals surface area contributed by atoms with Gasteiger partial charge in [-0.05, 0) is 53.4 Å². The molecule has 2 bridgehead atoms. The zero-order chi connectivity index (χ0) is 12.7. The number of nitrogens with two attached hydrogens (primary N) is 1. The maximum absolute atomic E-state index is 12.1. The average Bonchev–Trinajstić information content (AvgIpc) is 2.94. The van der Waals surface area contributed by atoms with E-state index < -0.39 is 0 Å². The number of nitrogens with one attached hydrogen (secondary N) is 1. The van der Waals surface area contributed by atoms with E-state index in [-0.39, 0.29) is 18.1 Å². The molecule has 3 atom stereocenters. The van der Waals surface area contributed by atoms with Crippen LogP contribution in [0.3, 0.4) is 0 Å². The lowest BCUT2D eigenvalue weighted by Crippen LogP contribution is -2.41. The monoisotopic (exact) mass is 310 g/mol. The third-order valence-electron chi connectivity index (χ3n) is 3.69. The lowest BCUT2D eigenvalue weighted by Gasteiger charge is -2.20. The minimum Gasteiger partial charge on any atom is -0.398 e. The van der Waals surface area contributed by atoms with Crippen molar-refractivity contribution in [3.63, 3.8) is 0 Å². The largest absolute Gasteiger partial charge is 0.398 e. The van der Waals surface area contributed by atoms with Crippen molar-refractivity contribution in [2.24, 2.45) is 0 Å². The standard InChI is InChI=1S/C13H15BrN2O2/c14-9-5-7(1-3-10(9)15)13(17)16-11-6-8-2-4-12(11)18-8/h1,3,5,8,11-12H,2,4,6,15H2,(H,16,17). The number of ether oxygens (including phenoxy) is 1. The smallest absolute Gasteiger partial charge is 0.251 e. The van der Waals surface area contributed by atoms with E-state index in [1.54, 1.807) is 18.2 Å².